The summed E-state index contributed by atoms with van der Waals surface area (Å²) in [4.78, 5) is 16.3. The molecule has 10 heteroatoms. The molecule has 3 aromatic rings. The van der Waals surface area contributed by atoms with Gasteiger partial charge in [-0.15, -0.1) is 10.2 Å². The number of carbonyl (C=O) groups is 1. The maximum absolute atomic E-state index is 12.4. The standard InChI is InChI=1S/C16H8I2N4O2S2/c17-9-5-11(13(23)12(18)6-9)14(24)20-16-22-21-15(26-16)8-1-3-10(4-2-8)19-7-25/h1-6,23H,(H,20,22,24). The number of aliphatic imine (C=N–C) groups is 1. The number of anilines is 1. The number of carbonyl (C=O) groups excluding carboxylic acids is 1. The third-order valence-corrected chi connectivity index (χ3v) is 5.63. The third-order valence-electron chi connectivity index (χ3n) is 3.21. The lowest BCUT2D eigenvalue weighted by Crippen LogP contribution is -2.12. The molecular weight excluding hydrogens is 598 g/mol. The van der Waals surface area contributed by atoms with Crippen molar-refractivity contribution in [3.63, 3.8) is 0 Å². The van der Waals surface area contributed by atoms with Gasteiger partial charge in [0.05, 0.1) is 20.0 Å². The number of aromatic hydroxyl groups is 1. The van der Waals surface area contributed by atoms with Crippen LogP contribution in [-0.2, 0) is 0 Å². The van der Waals surface area contributed by atoms with Crippen LogP contribution in [0.4, 0.5) is 10.8 Å². The van der Waals surface area contributed by atoms with E-state index >= 15 is 0 Å². The molecule has 3 rings (SSSR count). The summed E-state index contributed by atoms with van der Waals surface area (Å²) in [5.74, 6) is -0.491. The molecule has 0 spiro atoms. The molecule has 1 aromatic heterocycles. The average molecular weight is 606 g/mol. The number of benzene rings is 2. The Bertz CT molecular complexity index is 1030. The Morgan fingerprint density at radius 3 is 2.65 bits per heavy atom. The van der Waals surface area contributed by atoms with E-state index in [1.54, 1.807) is 24.3 Å². The number of phenolic OH excluding ortho intramolecular Hbond substituents is 1. The van der Waals surface area contributed by atoms with Gasteiger partial charge in [-0.2, -0.15) is 4.99 Å². The largest absolute Gasteiger partial charge is 0.506 e. The fraction of sp³-hybridized carbons (Fsp3) is 0. The predicted molar refractivity (Wildman–Crippen MR) is 122 cm³/mol. The average Bonchev–Trinajstić information content (AvgIpc) is 3.07. The molecule has 0 fully saturated rings. The Labute approximate surface area is 185 Å². The van der Waals surface area contributed by atoms with Crippen LogP contribution in [0.2, 0.25) is 0 Å². The molecule has 0 aliphatic heterocycles. The van der Waals surface area contributed by atoms with Crippen LogP contribution in [0.15, 0.2) is 41.4 Å². The quantitative estimate of drug-likeness (QED) is 0.245. The fourth-order valence-corrected chi connectivity index (χ4v) is 4.72. The zero-order valence-corrected chi connectivity index (χ0v) is 18.7. The summed E-state index contributed by atoms with van der Waals surface area (Å²) in [6.07, 6.45) is 0. The minimum Gasteiger partial charge on any atom is -0.506 e. The van der Waals surface area contributed by atoms with Gasteiger partial charge in [0.15, 0.2) is 0 Å². The number of thiocarbonyl (C=S) groups is 1. The van der Waals surface area contributed by atoms with E-state index in [4.69, 9.17) is 0 Å². The van der Waals surface area contributed by atoms with Gasteiger partial charge in [0.25, 0.3) is 5.91 Å². The van der Waals surface area contributed by atoms with Gasteiger partial charge >= 0.3 is 0 Å². The molecule has 0 saturated heterocycles. The number of isothiocyanates is 1. The van der Waals surface area contributed by atoms with Crippen molar-refractivity contribution >= 4 is 90.6 Å². The normalized spacial score (nSPS) is 10.2. The van der Waals surface area contributed by atoms with Crippen molar-refractivity contribution < 1.29 is 9.90 Å². The molecule has 2 aromatic carbocycles. The summed E-state index contributed by atoms with van der Waals surface area (Å²) in [6, 6.07) is 10.7. The van der Waals surface area contributed by atoms with E-state index in [0.29, 0.717) is 19.4 Å². The molecule has 0 aliphatic rings. The first kappa shape index (κ1) is 19.3. The summed E-state index contributed by atoms with van der Waals surface area (Å²) < 4.78 is 1.46. The molecule has 0 aliphatic carbocycles. The number of hydrogen-bond acceptors (Lipinski definition) is 7. The minimum absolute atomic E-state index is 0.0528. The van der Waals surface area contributed by atoms with Crippen molar-refractivity contribution in [2.24, 2.45) is 4.99 Å². The maximum atomic E-state index is 12.4. The van der Waals surface area contributed by atoms with Gasteiger partial charge in [-0.05, 0) is 93.8 Å². The fourth-order valence-electron chi connectivity index (χ4n) is 2.03. The summed E-state index contributed by atoms with van der Waals surface area (Å²) in [6.45, 7) is 0. The van der Waals surface area contributed by atoms with E-state index in [0.717, 1.165) is 9.13 Å². The maximum Gasteiger partial charge on any atom is 0.261 e. The highest BCUT2D eigenvalue weighted by atomic mass is 127. The molecule has 26 heavy (non-hydrogen) atoms. The van der Waals surface area contributed by atoms with Crippen LogP contribution in [0.3, 0.4) is 0 Å². The van der Waals surface area contributed by atoms with Crippen LogP contribution in [0, 0.1) is 7.14 Å². The van der Waals surface area contributed by atoms with E-state index in [2.05, 4.69) is 60.5 Å². The predicted octanol–water partition coefficient (Wildman–Crippen LogP) is 5.11. The Morgan fingerprint density at radius 2 is 1.96 bits per heavy atom. The summed E-state index contributed by atoms with van der Waals surface area (Å²) >= 11 is 9.88. The Kier molecular flexibility index (Phi) is 6.29. The number of amides is 1. The number of phenols is 1. The van der Waals surface area contributed by atoms with Gasteiger partial charge in [-0.25, -0.2) is 0 Å². The molecule has 0 atom stereocenters. The molecule has 0 radical (unpaired) electrons. The number of aromatic nitrogens is 2. The molecule has 0 bridgehead atoms. The van der Waals surface area contributed by atoms with E-state index in [1.165, 1.54) is 11.3 Å². The van der Waals surface area contributed by atoms with Crippen LogP contribution < -0.4 is 5.32 Å². The van der Waals surface area contributed by atoms with Gasteiger partial charge in [0.1, 0.15) is 10.8 Å². The summed E-state index contributed by atoms with van der Waals surface area (Å²) in [5, 5.41) is 24.2. The topological polar surface area (TPSA) is 87.5 Å². The van der Waals surface area contributed by atoms with E-state index in [-0.39, 0.29) is 11.3 Å². The van der Waals surface area contributed by atoms with Crippen LogP contribution in [0.25, 0.3) is 10.6 Å². The van der Waals surface area contributed by atoms with Gasteiger partial charge in [0, 0.05) is 9.13 Å². The molecule has 1 heterocycles. The second-order valence-corrected chi connectivity index (χ2v) is 8.47. The Balaban J connectivity index is 1.80. The van der Waals surface area contributed by atoms with Crippen molar-refractivity contribution in [1.29, 1.82) is 0 Å². The van der Waals surface area contributed by atoms with Gasteiger partial charge in [0.2, 0.25) is 5.13 Å². The monoisotopic (exact) mass is 606 g/mol. The first-order valence-electron chi connectivity index (χ1n) is 6.99. The van der Waals surface area contributed by atoms with Gasteiger partial charge in [-0.1, -0.05) is 11.3 Å². The molecule has 2 N–H and O–H groups in total. The van der Waals surface area contributed by atoms with Crippen LogP contribution >= 0.6 is 68.7 Å². The molecule has 0 saturated carbocycles. The summed E-state index contributed by atoms with van der Waals surface area (Å²) in [5.41, 5.74) is 1.74. The highest BCUT2D eigenvalue weighted by molar-refractivity contribution is 14.1. The summed E-state index contributed by atoms with van der Waals surface area (Å²) in [7, 11) is 0. The Hall–Kier alpha value is -1.47. The third kappa shape index (κ3) is 4.43. The number of rotatable bonds is 4. The lowest BCUT2D eigenvalue weighted by molar-refractivity contribution is 0.102. The highest BCUT2D eigenvalue weighted by Gasteiger charge is 2.17. The van der Waals surface area contributed by atoms with E-state index < -0.39 is 5.91 Å². The van der Waals surface area contributed by atoms with Crippen molar-refractivity contribution in [2.75, 3.05) is 5.32 Å². The molecule has 0 unspecified atom stereocenters. The minimum atomic E-state index is -0.438. The lowest BCUT2D eigenvalue weighted by Gasteiger charge is -2.06. The van der Waals surface area contributed by atoms with Crippen molar-refractivity contribution in [1.82, 2.24) is 10.2 Å². The van der Waals surface area contributed by atoms with Gasteiger partial charge < -0.3 is 5.11 Å². The zero-order valence-electron chi connectivity index (χ0n) is 12.7. The molecule has 1 amide bonds. The Morgan fingerprint density at radius 1 is 1.23 bits per heavy atom. The van der Waals surface area contributed by atoms with Crippen molar-refractivity contribution in [2.45, 2.75) is 0 Å². The first-order valence-corrected chi connectivity index (χ1v) is 10.4. The highest BCUT2D eigenvalue weighted by Crippen LogP contribution is 2.30. The van der Waals surface area contributed by atoms with Gasteiger partial charge in [-0.3, -0.25) is 10.1 Å². The number of halogens is 2. The molecule has 130 valence electrons. The van der Waals surface area contributed by atoms with Crippen LogP contribution in [0.1, 0.15) is 10.4 Å². The molecular formula is C16H8I2N4O2S2. The molecule has 6 nitrogen and oxygen atoms in total. The zero-order chi connectivity index (χ0) is 18.7. The smallest absolute Gasteiger partial charge is 0.261 e. The SMILES string of the molecule is O=C(Nc1nnc(-c2ccc(N=C=S)cc2)s1)c1cc(I)cc(I)c1O. The number of hydrogen-bond donors (Lipinski definition) is 2. The lowest BCUT2D eigenvalue weighted by atomic mass is 10.2. The number of nitrogens with one attached hydrogen (secondary N) is 1. The van der Waals surface area contributed by atoms with Crippen molar-refractivity contribution in [3.8, 4) is 16.3 Å². The van der Waals surface area contributed by atoms with E-state index in [1.807, 2.05) is 34.7 Å². The van der Waals surface area contributed by atoms with Crippen molar-refractivity contribution in [3.05, 3.63) is 49.1 Å². The van der Waals surface area contributed by atoms with Crippen LogP contribution in [-0.4, -0.2) is 26.4 Å². The number of nitrogens with zero attached hydrogens (tertiary/aromatic N) is 3. The first-order chi connectivity index (χ1) is 12.5. The van der Waals surface area contributed by atoms with Crippen LogP contribution in [0.5, 0.6) is 5.75 Å². The second kappa shape index (κ2) is 8.48. The van der Waals surface area contributed by atoms with E-state index in [9.17, 15) is 9.90 Å². The second-order valence-electron chi connectivity index (χ2n) is 4.90.